The van der Waals surface area contributed by atoms with E-state index in [1.54, 1.807) is 0 Å². The second-order valence-electron chi connectivity index (χ2n) is 2.74. The summed E-state index contributed by atoms with van der Waals surface area (Å²) in [6.07, 6.45) is -1.00. The molecule has 1 aromatic heterocycles. The van der Waals surface area contributed by atoms with Crippen molar-refractivity contribution in [2.24, 2.45) is 0 Å². The lowest BCUT2D eigenvalue weighted by molar-refractivity contribution is 0.185. The van der Waals surface area contributed by atoms with E-state index < -0.39 is 11.9 Å². The first kappa shape index (κ1) is 10.7. The Labute approximate surface area is 81.3 Å². The first-order chi connectivity index (χ1) is 6.60. The molecule has 0 aliphatic rings. The van der Waals surface area contributed by atoms with Crippen LogP contribution in [0.4, 0.5) is 4.39 Å². The molecule has 78 valence electrons. The molecule has 14 heavy (non-hydrogen) atoms. The van der Waals surface area contributed by atoms with E-state index in [2.05, 4.69) is 4.98 Å². The Bertz CT molecular complexity index is 328. The van der Waals surface area contributed by atoms with Crippen molar-refractivity contribution in [3.05, 3.63) is 17.6 Å². The van der Waals surface area contributed by atoms with Crippen molar-refractivity contribution in [3.8, 4) is 11.6 Å². The number of methoxy groups -OCH3 is 2. The topological polar surface area (TPSA) is 51.6 Å². The molecule has 1 rings (SSSR count). The number of aliphatic hydroxyl groups is 1. The molecule has 0 spiro atoms. The maximum atomic E-state index is 13.4. The summed E-state index contributed by atoms with van der Waals surface area (Å²) in [5, 5.41) is 9.23. The van der Waals surface area contributed by atoms with E-state index in [-0.39, 0.29) is 17.3 Å². The van der Waals surface area contributed by atoms with Gasteiger partial charge in [-0.15, -0.1) is 0 Å². The molecule has 1 atom stereocenters. The van der Waals surface area contributed by atoms with Crippen LogP contribution in [0.2, 0.25) is 0 Å². The van der Waals surface area contributed by atoms with Gasteiger partial charge in [-0.25, -0.2) is 9.37 Å². The van der Waals surface area contributed by atoms with Crippen molar-refractivity contribution in [2.45, 2.75) is 13.0 Å². The number of aliphatic hydroxyl groups excluding tert-OH is 1. The van der Waals surface area contributed by atoms with Gasteiger partial charge in [0.25, 0.3) is 0 Å². The zero-order valence-electron chi connectivity index (χ0n) is 8.24. The van der Waals surface area contributed by atoms with Crippen LogP contribution in [0.5, 0.6) is 11.6 Å². The average molecular weight is 201 g/mol. The lowest BCUT2D eigenvalue weighted by Gasteiger charge is -2.10. The Morgan fingerprint density at radius 2 is 2.07 bits per heavy atom. The number of ether oxygens (including phenoxy) is 2. The number of nitrogens with zero attached hydrogens (tertiary/aromatic N) is 1. The second-order valence-corrected chi connectivity index (χ2v) is 2.74. The third-order valence-corrected chi connectivity index (χ3v) is 1.75. The van der Waals surface area contributed by atoms with Crippen LogP contribution in [0.25, 0.3) is 0 Å². The molecular formula is C9H12FNO3. The Balaban J connectivity index is 3.27. The van der Waals surface area contributed by atoms with Crippen LogP contribution in [0.1, 0.15) is 18.7 Å². The monoisotopic (exact) mass is 201 g/mol. The third kappa shape index (κ3) is 1.93. The van der Waals surface area contributed by atoms with Crippen LogP contribution in [-0.2, 0) is 0 Å². The quantitative estimate of drug-likeness (QED) is 0.800. The predicted octanol–water partition coefficient (Wildman–Crippen LogP) is 1.29. The number of aromatic nitrogens is 1. The van der Waals surface area contributed by atoms with Gasteiger partial charge < -0.3 is 14.6 Å². The van der Waals surface area contributed by atoms with Crippen LogP contribution in [-0.4, -0.2) is 24.3 Å². The Morgan fingerprint density at radius 3 is 2.50 bits per heavy atom. The molecule has 0 aliphatic heterocycles. The van der Waals surface area contributed by atoms with Crippen LogP contribution >= 0.6 is 0 Å². The van der Waals surface area contributed by atoms with Gasteiger partial charge in [0.15, 0.2) is 11.6 Å². The van der Waals surface area contributed by atoms with Crippen LogP contribution in [0, 0.1) is 5.82 Å². The van der Waals surface area contributed by atoms with Crippen molar-refractivity contribution < 1.29 is 19.0 Å². The van der Waals surface area contributed by atoms with Crippen LogP contribution in [0.15, 0.2) is 6.07 Å². The summed E-state index contributed by atoms with van der Waals surface area (Å²) in [4.78, 5) is 3.77. The summed E-state index contributed by atoms with van der Waals surface area (Å²) >= 11 is 0. The number of hydrogen-bond donors (Lipinski definition) is 1. The SMILES string of the molecule is COc1cc(OC)c(F)c(C(C)O)n1. The molecule has 0 aromatic carbocycles. The maximum Gasteiger partial charge on any atom is 0.217 e. The zero-order valence-corrected chi connectivity index (χ0v) is 8.24. The number of rotatable bonds is 3. The molecule has 5 heteroatoms. The van der Waals surface area contributed by atoms with E-state index in [0.29, 0.717) is 0 Å². The molecule has 0 fully saturated rings. The van der Waals surface area contributed by atoms with Gasteiger partial charge in [0.05, 0.1) is 20.3 Å². The minimum absolute atomic E-state index is 0.00718. The van der Waals surface area contributed by atoms with Gasteiger partial charge in [0.1, 0.15) is 5.69 Å². The van der Waals surface area contributed by atoms with Gasteiger partial charge >= 0.3 is 0 Å². The summed E-state index contributed by atoms with van der Waals surface area (Å²) in [5.74, 6) is -0.449. The molecule has 0 saturated heterocycles. The highest BCUT2D eigenvalue weighted by atomic mass is 19.1. The molecule has 0 saturated carbocycles. The van der Waals surface area contributed by atoms with E-state index in [4.69, 9.17) is 9.47 Å². The van der Waals surface area contributed by atoms with Crippen molar-refractivity contribution in [1.82, 2.24) is 4.98 Å². The fourth-order valence-corrected chi connectivity index (χ4v) is 1.03. The Hall–Kier alpha value is -1.36. The van der Waals surface area contributed by atoms with E-state index in [9.17, 15) is 9.50 Å². The summed E-state index contributed by atoms with van der Waals surface area (Å²) < 4.78 is 23.0. The van der Waals surface area contributed by atoms with Gasteiger partial charge in [-0.1, -0.05) is 0 Å². The average Bonchev–Trinajstić information content (AvgIpc) is 2.17. The summed E-state index contributed by atoms with van der Waals surface area (Å²) in [6, 6.07) is 1.32. The standard InChI is InChI=1S/C9H12FNO3/c1-5(12)9-8(10)6(13-2)4-7(11-9)14-3/h4-5,12H,1-3H3. The summed E-state index contributed by atoms with van der Waals surface area (Å²) in [7, 11) is 2.75. The van der Waals surface area contributed by atoms with Gasteiger partial charge in [0, 0.05) is 6.07 Å². The summed E-state index contributed by atoms with van der Waals surface area (Å²) in [5.41, 5.74) is -0.0822. The van der Waals surface area contributed by atoms with Crippen molar-refractivity contribution in [3.63, 3.8) is 0 Å². The third-order valence-electron chi connectivity index (χ3n) is 1.75. The van der Waals surface area contributed by atoms with Gasteiger partial charge in [-0.2, -0.15) is 0 Å². The normalized spacial score (nSPS) is 12.4. The minimum Gasteiger partial charge on any atom is -0.493 e. The van der Waals surface area contributed by atoms with E-state index in [0.717, 1.165) is 0 Å². The lowest BCUT2D eigenvalue weighted by Crippen LogP contribution is -2.04. The smallest absolute Gasteiger partial charge is 0.217 e. The second kappa shape index (κ2) is 4.23. The number of halogens is 1. The molecule has 4 nitrogen and oxygen atoms in total. The van der Waals surface area contributed by atoms with Gasteiger partial charge in [0.2, 0.25) is 5.88 Å². The largest absolute Gasteiger partial charge is 0.493 e. The highest BCUT2D eigenvalue weighted by Gasteiger charge is 2.17. The molecule has 1 aromatic rings. The molecule has 0 aliphatic carbocycles. The first-order valence-electron chi connectivity index (χ1n) is 4.06. The number of hydrogen-bond acceptors (Lipinski definition) is 4. The van der Waals surface area contributed by atoms with E-state index >= 15 is 0 Å². The highest BCUT2D eigenvalue weighted by molar-refractivity contribution is 5.33. The van der Waals surface area contributed by atoms with Crippen LogP contribution < -0.4 is 9.47 Å². The minimum atomic E-state index is -1.00. The zero-order chi connectivity index (χ0) is 10.7. The van der Waals surface area contributed by atoms with Crippen molar-refractivity contribution >= 4 is 0 Å². The number of pyridine rings is 1. The van der Waals surface area contributed by atoms with Crippen molar-refractivity contribution in [1.29, 1.82) is 0 Å². The van der Waals surface area contributed by atoms with Gasteiger partial charge in [-0.05, 0) is 6.92 Å². The Kier molecular flexibility index (Phi) is 3.24. The predicted molar refractivity (Wildman–Crippen MR) is 47.9 cm³/mol. The van der Waals surface area contributed by atoms with E-state index in [1.807, 2.05) is 0 Å². The lowest BCUT2D eigenvalue weighted by atomic mass is 10.2. The molecule has 1 heterocycles. The molecule has 0 radical (unpaired) electrons. The van der Waals surface area contributed by atoms with Gasteiger partial charge in [-0.3, -0.25) is 0 Å². The molecule has 1 unspecified atom stereocenters. The van der Waals surface area contributed by atoms with E-state index in [1.165, 1.54) is 27.2 Å². The van der Waals surface area contributed by atoms with Crippen molar-refractivity contribution in [2.75, 3.05) is 14.2 Å². The molecule has 1 N–H and O–H groups in total. The molecule has 0 bridgehead atoms. The highest BCUT2D eigenvalue weighted by Crippen LogP contribution is 2.27. The molecular weight excluding hydrogens is 189 g/mol. The van der Waals surface area contributed by atoms with Crippen LogP contribution in [0.3, 0.4) is 0 Å². The first-order valence-corrected chi connectivity index (χ1v) is 4.06. The maximum absolute atomic E-state index is 13.4. The fraction of sp³-hybridized carbons (Fsp3) is 0.444. The summed E-state index contributed by atoms with van der Waals surface area (Å²) in [6.45, 7) is 1.42. The Morgan fingerprint density at radius 1 is 1.43 bits per heavy atom. The fourth-order valence-electron chi connectivity index (χ4n) is 1.03. The molecule has 0 amide bonds.